The highest BCUT2D eigenvalue weighted by molar-refractivity contribution is 7.79. The summed E-state index contributed by atoms with van der Waals surface area (Å²) in [5.74, 6) is -1.09. The highest BCUT2D eigenvalue weighted by Crippen LogP contribution is 2.18. The highest BCUT2D eigenvalue weighted by atomic mass is 32.2. The van der Waals surface area contributed by atoms with Crippen molar-refractivity contribution in [2.75, 3.05) is 0 Å². The molecule has 1 aromatic rings. The fourth-order valence-corrected chi connectivity index (χ4v) is 1.65. The zero-order valence-corrected chi connectivity index (χ0v) is 8.59. The average molecular weight is 214 g/mol. The molecule has 0 saturated carbocycles. The van der Waals surface area contributed by atoms with Gasteiger partial charge in [0.15, 0.2) is 11.1 Å². The third-order valence-corrected chi connectivity index (χ3v) is 2.71. The molecular formula is C9H10O4S. The van der Waals surface area contributed by atoms with Gasteiger partial charge in [-0.15, -0.1) is 0 Å². The Hall–Kier alpha value is -1.20. The maximum absolute atomic E-state index is 10.8. The molecule has 14 heavy (non-hydrogen) atoms. The molecule has 0 fully saturated rings. The van der Waals surface area contributed by atoms with E-state index in [9.17, 15) is 9.00 Å². The van der Waals surface area contributed by atoms with Crippen molar-refractivity contribution in [3.8, 4) is 0 Å². The molecule has 0 spiro atoms. The Kier molecular flexibility index (Phi) is 3.03. The molecule has 0 amide bonds. The molecule has 4 nitrogen and oxygen atoms in total. The van der Waals surface area contributed by atoms with Gasteiger partial charge in [-0.2, -0.15) is 0 Å². The monoisotopic (exact) mass is 214 g/mol. The van der Waals surface area contributed by atoms with Crippen LogP contribution in [0.1, 0.15) is 21.5 Å². The van der Waals surface area contributed by atoms with Crippen molar-refractivity contribution in [2.24, 2.45) is 0 Å². The lowest BCUT2D eigenvalue weighted by atomic mass is 10.0. The first-order valence-corrected chi connectivity index (χ1v) is 4.99. The van der Waals surface area contributed by atoms with Crippen LogP contribution in [0.25, 0.3) is 0 Å². The van der Waals surface area contributed by atoms with Gasteiger partial charge in [-0.3, -0.25) is 0 Å². The van der Waals surface area contributed by atoms with Gasteiger partial charge in [0.05, 0.1) is 10.5 Å². The minimum absolute atomic E-state index is 0.0717. The lowest BCUT2D eigenvalue weighted by Gasteiger charge is -2.06. The molecule has 2 N–H and O–H groups in total. The van der Waals surface area contributed by atoms with E-state index < -0.39 is 17.0 Å². The van der Waals surface area contributed by atoms with Gasteiger partial charge in [-0.25, -0.2) is 9.00 Å². The van der Waals surface area contributed by atoms with E-state index >= 15 is 0 Å². The van der Waals surface area contributed by atoms with E-state index in [1.807, 2.05) is 0 Å². The molecule has 0 heterocycles. The molecule has 1 atom stereocenters. The molecule has 5 heteroatoms. The van der Waals surface area contributed by atoms with Crippen molar-refractivity contribution in [1.82, 2.24) is 0 Å². The normalized spacial score (nSPS) is 12.5. The SMILES string of the molecule is Cc1cc(S(=O)O)cc(C(=O)O)c1C. The molecule has 0 saturated heterocycles. The van der Waals surface area contributed by atoms with Gasteiger partial charge < -0.3 is 9.66 Å². The number of aryl methyl sites for hydroxylation is 1. The van der Waals surface area contributed by atoms with E-state index in [1.54, 1.807) is 13.8 Å². The highest BCUT2D eigenvalue weighted by Gasteiger charge is 2.12. The van der Waals surface area contributed by atoms with Crippen LogP contribution in [0, 0.1) is 13.8 Å². The van der Waals surface area contributed by atoms with Gasteiger partial charge in [0.25, 0.3) is 0 Å². The zero-order valence-electron chi connectivity index (χ0n) is 7.77. The minimum atomic E-state index is -2.14. The van der Waals surface area contributed by atoms with Crippen molar-refractivity contribution >= 4 is 17.0 Å². The first kappa shape index (κ1) is 10.9. The second kappa shape index (κ2) is 3.89. The molecule has 76 valence electrons. The van der Waals surface area contributed by atoms with Crippen LogP contribution in [0.4, 0.5) is 0 Å². The molecule has 0 aliphatic carbocycles. The third kappa shape index (κ3) is 2.00. The second-order valence-corrected chi connectivity index (χ2v) is 3.94. The summed E-state index contributed by atoms with van der Waals surface area (Å²) in [7, 11) is 0. The number of carboxylic acid groups (broad SMARTS) is 1. The Morgan fingerprint density at radius 2 is 1.93 bits per heavy atom. The standard InChI is InChI=1S/C9H10O4S/c1-5-3-7(14(12)13)4-8(6(5)2)9(10)11/h3-4H,1-2H3,(H,10,11)(H,12,13). The summed E-state index contributed by atoms with van der Waals surface area (Å²) in [5.41, 5.74) is 1.39. The summed E-state index contributed by atoms with van der Waals surface area (Å²) in [6.07, 6.45) is 0. The average Bonchev–Trinajstić information content (AvgIpc) is 2.08. The third-order valence-electron chi connectivity index (χ3n) is 2.07. The van der Waals surface area contributed by atoms with Crippen molar-refractivity contribution in [3.63, 3.8) is 0 Å². The molecule has 1 unspecified atom stereocenters. The van der Waals surface area contributed by atoms with Gasteiger partial charge >= 0.3 is 5.97 Å². The van der Waals surface area contributed by atoms with Crippen LogP contribution in [-0.2, 0) is 11.1 Å². The van der Waals surface area contributed by atoms with Crippen LogP contribution in [0.5, 0.6) is 0 Å². The molecule has 1 aromatic carbocycles. The number of hydrogen-bond acceptors (Lipinski definition) is 2. The smallest absolute Gasteiger partial charge is 0.336 e. The first-order chi connectivity index (χ1) is 6.43. The maximum Gasteiger partial charge on any atom is 0.336 e. The predicted octanol–water partition coefficient (Wildman–Crippen LogP) is 1.58. The van der Waals surface area contributed by atoms with E-state index in [1.165, 1.54) is 12.1 Å². The van der Waals surface area contributed by atoms with Crippen molar-refractivity contribution in [1.29, 1.82) is 0 Å². The first-order valence-electron chi connectivity index (χ1n) is 3.89. The van der Waals surface area contributed by atoms with Crippen molar-refractivity contribution < 1.29 is 18.7 Å². The van der Waals surface area contributed by atoms with Gasteiger partial charge in [0, 0.05) is 0 Å². The van der Waals surface area contributed by atoms with E-state index in [0.717, 1.165) is 0 Å². The minimum Gasteiger partial charge on any atom is -0.478 e. The topological polar surface area (TPSA) is 74.6 Å². The number of carbonyl (C=O) groups is 1. The summed E-state index contributed by atoms with van der Waals surface area (Å²) in [4.78, 5) is 10.9. The largest absolute Gasteiger partial charge is 0.478 e. The number of rotatable bonds is 2. The Bertz CT molecular complexity index is 412. The Balaban J connectivity index is 3.43. The molecule has 0 aromatic heterocycles. The van der Waals surface area contributed by atoms with Crippen LogP contribution in [0.3, 0.4) is 0 Å². The molecular weight excluding hydrogens is 204 g/mol. The number of aromatic carboxylic acids is 1. The zero-order chi connectivity index (χ0) is 10.9. The Morgan fingerprint density at radius 3 is 2.36 bits per heavy atom. The number of benzene rings is 1. The summed E-state index contributed by atoms with van der Waals surface area (Å²) in [6, 6.07) is 2.73. The van der Waals surface area contributed by atoms with E-state index in [-0.39, 0.29) is 10.5 Å². The van der Waals surface area contributed by atoms with Crippen LogP contribution < -0.4 is 0 Å². The maximum atomic E-state index is 10.8. The Morgan fingerprint density at radius 1 is 1.36 bits per heavy atom. The summed E-state index contributed by atoms with van der Waals surface area (Å²) in [6.45, 7) is 3.38. The van der Waals surface area contributed by atoms with Crippen molar-refractivity contribution in [2.45, 2.75) is 18.7 Å². The van der Waals surface area contributed by atoms with Gasteiger partial charge in [0.1, 0.15) is 0 Å². The number of carboxylic acids is 1. The number of hydrogen-bond donors (Lipinski definition) is 2. The fourth-order valence-electron chi connectivity index (χ4n) is 1.15. The van der Waals surface area contributed by atoms with Crippen molar-refractivity contribution in [3.05, 3.63) is 28.8 Å². The van der Waals surface area contributed by atoms with Gasteiger partial charge in [0.2, 0.25) is 0 Å². The summed E-state index contributed by atoms with van der Waals surface area (Å²) < 4.78 is 19.6. The van der Waals surface area contributed by atoms with E-state index in [2.05, 4.69) is 0 Å². The van der Waals surface area contributed by atoms with Gasteiger partial charge in [-0.1, -0.05) is 0 Å². The van der Waals surface area contributed by atoms with Crippen LogP contribution in [0.2, 0.25) is 0 Å². The molecule has 0 bridgehead atoms. The molecule has 0 aliphatic rings. The lowest BCUT2D eigenvalue weighted by molar-refractivity contribution is 0.0695. The quantitative estimate of drug-likeness (QED) is 0.733. The second-order valence-electron chi connectivity index (χ2n) is 2.97. The lowest BCUT2D eigenvalue weighted by Crippen LogP contribution is -2.03. The van der Waals surface area contributed by atoms with E-state index in [4.69, 9.17) is 9.66 Å². The van der Waals surface area contributed by atoms with Gasteiger partial charge in [-0.05, 0) is 37.1 Å². The molecule has 0 radical (unpaired) electrons. The van der Waals surface area contributed by atoms with E-state index in [0.29, 0.717) is 11.1 Å². The molecule has 1 rings (SSSR count). The fraction of sp³-hybridized carbons (Fsp3) is 0.222. The molecule has 0 aliphatic heterocycles. The van der Waals surface area contributed by atoms with Crippen LogP contribution >= 0.6 is 0 Å². The summed E-state index contributed by atoms with van der Waals surface area (Å²) >= 11 is -2.14. The predicted molar refractivity (Wildman–Crippen MR) is 51.9 cm³/mol. The van der Waals surface area contributed by atoms with Crippen LogP contribution in [0.15, 0.2) is 17.0 Å². The van der Waals surface area contributed by atoms with Crippen LogP contribution in [-0.4, -0.2) is 19.8 Å². The summed E-state index contributed by atoms with van der Waals surface area (Å²) in [5, 5.41) is 8.82. The Labute approximate surface area is 83.9 Å².